The normalized spacial score (nSPS) is 14.4. The minimum absolute atomic E-state index is 0. The first-order valence-electron chi connectivity index (χ1n) is 14.2. The molecular weight excluding hydrogens is 662 g/mol. The number of amidine groups is 1. The van der Waals surface area contributed by atoms with Gasteiger partial charge in [0, 0.05) is 18.1 Å². The van der Waals surface area contributed by atoms with Crippen LogP contribution in [-0.2, 0) is 32.6 Å². The van der Waals surface area contributed by atoms with E-state index in [2.05, 4.69) is 30.6 Å². The fourth-order valence-corrected chi connectivity index (χ4v) is 6.21. The standard InChI is InChI=1S/C33H27N7O5S2.Na/c1-22-7-15-28(16-8-22)47(43,44)37-31(41)17-23-9-12-26(13-10-23)35-33-36-32(42)30(46-33)18-25-11-14-27(40-21-34-38-39-40)19-29(25)45-20-24-5-3-2-4-6-24;/h2-16,18-19,21H,17,20H2,1H3,(H2,35,36,37,41,42);/q;+1/p-1. The van der Waals surface area contributed by atoms with Gasteiger partial charge >= 0.3 is 29.6 Å². The van der Waals surface area contributed by atoms with Crippen molar-refractivity contribution in [3.63, 3.8) is 0 Å². The Labute approximate surface area is 303 Å². The Bertz CT molecular complexity index is 2090. The number of aliphatic imine (C=N–C) groups is 1. The summed E-state index contributed by atoms with van der Waals surface area (Å²) in [5.74, 6) is -0.557. The molecule has 2 heterocycles. The van der Waals surface area contributed by atoms with Gasteiger partial charge in [-0.2, -0.15) is 0 Å². The van der Waals surface area contributed by atoms with Crippen LogP contribution in [-0.4, -0.2) is 45.6 Å². The van der Waals surface area contributed by atoms with Crippen molar-refractivity contribution < 1.29 is 52.3 Å². The maximum Gasteiger partial charge on any atom is 1.00 e. The molecule has 48 heavy (non-hydrogen) atoms. The summed E-state index contributed by atoms with van der Waals surface area (Å²) in [4.78, 5) is 30.2. The van der Waals surface area contributed by atoms with Crippen molar-refractivity contribution in [2.24, 2.45) is 4.99 Å². The van der Waals surface area contributed by atoms with Crippen LogP contribution in [0.25, 0.3) is 16.5 Å². The zero-order valence-electron chi connectivity index (χ0n) is 25.8. The Hall–Kier alpha value is -4.60. The Kier molecular flexibility index (Phi) is 11.2. The number of thioether (sulfide) groups is 1. The van der Waals surface area contributed by atoms with Crippen molar-refractivity contribution in [2.75, 3.05) is 0 Å². The van der Waals surface area contributed by atoms with Gasteiger partial charge < -0.3 is 19.6 Å². The van der Waals surface area contributed by atoms with Crippen LogP contribution in [0.3, 0.4) is 0 Å². The molecule has 0 radical (unpaired) electrons. The second-order valence-electron chi connectivity index (χ2n) is 10.3. The number of tetrazole rings is 1. The number of benzene rings is 4. The monoisotopic (exact) mass is 687 g/mol. The van der Waals surface area contributed by atoms with E-state index in [4.69, 9.17) is 4.74 Å². The first-order chi connectivity index (χ1) is 22.7. The number of hydrogen-bond acceptors (Lipinski definition) is 10. The van der Waals surface area contributed by atoms with Crippen LogP contribution in [0.5, 0.6) is 5.75 Å². The summed E-state index contributed by atoms with van der Waals surface area (Å²) in [5, 5.41) is 14.5. The third-order valence-electron chi connectivity index (χ3n) is 6.85. The molecule has 1 aromatic heterocycles. The zero-order chi connectivity index (χ0) is 32.8. The molecular formula is C33H26N7NaO5S2. The largest absolute Gasteiger partial charge is 1.00 e. The summed E-state index contributed by atoms with van der Waals surface area (Å²) in [7, 11) is -4.10. The number of nitrogens with zero attached hydrogens (tertiary/aromatic N) is 6. The Morgan fingerprint density at radius 3 is 2.46 bits per heavy atom. The van der Waals surface area contributed by atoms with Crippen LogP contribution < -0.4 is 39.6 Å². The molecule has 0 aliphatic carbocycles. The predicted molar refractivity (Wildman–Crippen MR) is 178 cm³/mol. The fraction of sp³-hybridized carbons (Fsp3) is 0.0909. The van der Waals surface area contributed by atoms with Gasteiger partial charge in [0.05, 0.1) is 27.1 Å². The van der Waals surface area contributed by atoms with Gasteiger partial charge in [-0.15, -0.1) is 5.10 Å². The van der Waals surface area contributed by atoms with Gasteiger partial charge in [-0.25, -0.2) is 18.1 Å². The number of aryl methyl sites for hydroxylation is 1. The van der Waals surface area contributed by atoms with Gasteiger partial charge in [0.25, 0.3) is 5.91 Å². The number of amides is 2. The molecule has 1 saturated heterocycles. The van der Waals surface area contributed by atoms with Crippen molar-refractivity contribution in [1.82, 2.24) is 25.5 Å². The average molecular weight is 688 g/mol. The van der Waals surface area contributed by atoms with Gasteiger partial charge in [-0.3, -0.25) is 4.79 Å². The number of ether oxygens (including phenoxy) is 1. The second-order valence-corrected chi connectivity index (χ2v) is 13.0. The van der Waals surface area contributed by atoms with Crippen molar-refractivity contribution in [3.05, 3.63) is 135 Å². The summed E-state index contributed by atoms with van der Waals surface area (Å²) in [6.45, 7) is 2.15. The van der Waals surface area contributed by atoms with E-state index in [1.165, 1.54) is 34.9 Å². The first-order valence-corrected chi connectivity index (χ1v) is 16.5. The Morgan fingerprint density at radius 1 is 1.00 bits per heavy atom. The molecule has 2 amide bonds. The molecule has 12 nitrogen and oxygen atoms in total. The van der Waals surface area contributed by atoms with Crippen molar-refractivity contribution >= 4 is 50.5 Å². The first kappa shape index (κ1) is 34.7. The van der Waals surface area contributed by atoms with Gasteiger partial charge in [-0.1, -0.05) is 60.2 Å². The summed E-state index contributed by atoms with van der Waals surface area (Å²) in [5.41, 5.74) is 4.36. The van der Waals surface area contributed by atoms with Crippen LogP contribution in [0.1, 0.15) is 22.3 Å². The molecule has 0 saturated carbocycles. The van der Waals surface area contributed by atoms with E-state index in [9.17, 15) is 18.0 Å². The van der Waals surface area contributed by atoms with Gasteiger partial charge in [0.15, 0.2) is 5.17 Å². The van der Waals surface area contributed by atoms with Crippen LogP contribution in [0, 0.1) is 6.92 Å². The summed E-state index contributed by atoms with van der Waals surface area (Å²) >= 11 is 1.18. The van der Waals surface area contributed by atoms with Crippen molar-refractivity contribution in [2.45, 2.75) is 24.8 Å². The molecule has 0 atom stereocenters. The zero-order valence-corrected chi connectivity index (χ0v) is 29.5. The SMILES string of the molecule is Cc1ccc(S(=O)(=O)[N-]C(=O)Cc2ccc(N=C3NC(=O)C(=Cc4ccc(-n5cnnn5)cc4OCc4ccccc4)S3)cc2)cc1.[Na+]. The topological polar surface area (TPSA) is 160 Å². The van der Waals surface area contributed by atoms with Crippen LogP contribution in [0.15, 0.2) is 118 Å². The second kappa shape index (κ2) is 15.5. The van der Waals surface area contributed by atoms with Gasteiger partial charge in [0.1, 0.15) is 28.7 Å². The van der Waals surface area contributed by atoms with E-state index >= 15 is 0 Å². The van der Waals surface area contributed by atoms with Crippen LogP contribution in [0.4, 0.5) is 5.69 Å². The Morgan fingerprint density at radius 2 is 1.75 bits per heavy atom. The quantitative estimate of drug-likeness (QED) is 0.172. The molecule has 1 fully saturated rings. The van der Waals surface area contributed by atoms with Crippen LogP contribution in [0.2, 0.25) is 0 Å². The molecule has 0 spiro atoms. The number of carbonyl (C=O) groups is 2. The number of hydrogen-bond donors (Lipinski definition) is 1. The van der Waals surface area contributed by atoms with Crippen LogP contribution >= 0.6 is 11.8 Å². The van der Waals surface area contributed by atoms with E-state index in [-0.39, 0.29) is 46.8 Å². The molecule has 5 aromatic rings. The van der Waals surface area contributed by atoms with E-state index < -0.39 is 15.9 Å². The van der Waals surface area contributed by atoms with E-state index in [1.807, 2.05) is 49.4 Å². The molecule has 236 valence electrons. The molecule has 15 heteroatoms. The summed E-state index contributed by atoms with van der Waals surface area (Å²) in [6, 6.07) is 28.0. The van der Waals surface area contributed by atoms with E-state index in [0.29, 0.717) is 44.9 Å². The Balaban J connectivity index is 0.00000451. The summed E-state index contributed by atoms with van der Waals surface area (Å²) < 4.78 is 36.1. The number of rotatable bonds is 10. The third kappa shape index (κ3) is 8.85. The van der Waals surface area contributed by atoms with Crippen molar-refractivity contribution in [1.29, 1.82) is 0 Å². The molecule has 0 unspecified atom stereocenters. The number of nitrogens with one attached hydrogen (secondary N) is 1. The predicted octanol–water partition coefficient (Wildman–Crippen LogP) is 2.28. The maximum atomic E-state index is 12.9. The minimum atomic E-state index is -4.10. The third-order valence-corrected chi connectivity index (χ3v) is 9.07. The molecule has 1 aliphatic rings. The molecule has 1 aliphatic heterocycles. The average Bonchev–Trinajstić information content (AvgIpc) is 3.72. The smallest absolute Gasteiger partial charge is 0.541 e. The van der Waals surface area contributed by atoms with E-state index in [1.54, 1.807) is 48.5 Å². The number of sulfonamides is 1. The summed E-state index contributed by atoms with van der Waals surface area (Å²) in [6.07, 6.45) is 3.02. The van der Waals surface area contributed by atoms with E-state index in [0.717, 1.165) is 11.1 Å². The molecule has 1 N–H and O–H groups in total. The van der Waals surface area contributed by atoms with Gasteiger partial charge in [-0.05, 0) is 82.7 Å². The number of carbonyl (C=O) groups excluding carboxylic acids is 2. The minimum Gasteiger partial charge on any atom is -0.541 e. The molecule has 6 rings (SSSR count). The molecule has 0 bridgehead atoms. The maximum absolute atomic E-state index is 12.9. The number of aromatic nitrogens is 4. The van der Waals surface area contributed by atoms with Crippen molar-refractivity contribution in [3.8, 4) is 11.4 Å². The molecule has 4 aromatic carbocycles. The fourth-order valence-electron chi connectivity index (χ4n) is 4.46. The van der Waals surface area contributed by atoms with Gasteiger partial charge in [0.2, 0.25) is 0 Å².